The van der Waals surface area contributed by atoms with Gasteiger partial charge in [-0.1, -0.05) is 0 Å². The minimum Gasteiger partial charge on any atom is -0.494 e. The van der Waals surface area contributed by atoms with E-state index in [0.717, 1.165) is 0 Å². The lowest BCUT2D eigenvalue weighted by Crippen LogP contribution is -2.36. The van der Waals surface area contributed by atoms with Crippen molar-refractivity contribution in [2.45, 2.75) is 0 Å². The number of hydrogen-bond donors (Lipinski definition) is 1. The fourth-order valence-electron chi connectivity index (χ4n) is 1.53. The molecule has 0 aliphatic heterocycles. The van der Waals surface area contributed by atoms with Gasteiger partial charge in [0.25, 0.3) is 5.91 Å². The van der Waals surface area contributed by atoms with Crippen molar-refractivity contribution < 1.29 is 19.4 Å². The quantitative estimate of drug-likeness (QED) is 0.751. The van der Waals surface area contributed by atoms with E-state index in [2.05, 4.69) is 4.98 Å². The Hall–Kier alpha value is -1.66. The molecule has 1 rings (SSSR count). The van der Waals surface area contributed by atoms with E-state index in [0.29, 0.717) is 24.5 Å². The van der Waals surface area contributed by atoms with Gasteiger partial charge in [0, 0.05) is 26.4 Å². The van der Waals surface area contributed by atoms with E-state index in [9.17, 15) is 4.79 Å². The number of rotatable bonds is 7. The van der Waals surface area contributed by atoms with Crippen molar-refractivity contribution >= 4 is 5.91 Å². The molecule has 1 amide bonds. The molecule has 1 aromatic rings. The average Bonchev–Trinajstić information content (AvgIpc) is 2.42. The summed E-state index contributed by atoms with van der Waals surface area (Å²) >= 11 is 0. The van der Waals surface area contributed by atoms with Crippen LogP contribution in [0.15, 0.2) is 18.5 Å². The molecule has 0 aromatic carbocycles. The molecule has 0 saturated heterocycles. The number of aliphatic hydroxyl groups excluding tert-OH is 1. The summed E-state index contributed by atoms with van der Waals surface area (Å²) in [4.78, 5) is 17.7. The Balaban J connectivity index is 2.86. The van der Waals surface area contributed by atoms with Gasteiger partial charge in [0.1, 0.15) is 5.75 Å². The van der Waals surface area contributed by atoms with Crippen LogP contribution in [0.5, 0.6) is 5.75 Å². The van der Waals surface area contributed by atoms with Crippen molar-refractivity contribution in [3.8, 4) is 5.75 Å². The van der Waals surface area contributed by atoms with Crippen LogP contribution in [0, 0.1) is 0 Å². The monoisotopic (exact) mass is 254 g/mol. The summed E-state index contributed by atoms with van der Waals surface area (Å²) in [7, 11) is 3.05. The molecule has 1 aromatic heterocycles. The van der Waals surface area contributed by atoms with Crippen LogP contribution < -0.4 is 4.74 Å². The lowest BCUT2D eigenvalue weighted by Gasteiger charge is -2.22. The summed E-state index contributed by atoms with van der Waals surface area (Å²) in [5.41, 5.74) is 0.428. The molecule has 18 heavy (non-hydrogen) atoms. The van der Waals surface area contributed by atoms with Gasteiger partial charge in [-0.25, -0.2) is 0 Å². The van der Waals surface area contributed by atoms with Gasteiger partial charge in [0.2, 0.25) is 0 Å². The van der Waals surface area contributed by atoms with Crippen LogP contribution in [-0.2, 0) is 4.74 Å². The van der Waals surface area contributed by atoms with E-state index in [1.54, 1.807) is 13.2 Å². The third-order valence-corrected chi connectivity index (χ3v) is 2.46. The Kier molecular flexibility index (Phi) is 6.10. The molecule has 1 heterocycles. The second-order valence-electron chi connectivity index (χ2n) is 3.58. The SMILES string of the molecule is COCCN(CCO)C(=O)c1ccncc1OC. The van der Waals surface area contributed by atoms with E-state index in [1.165, 1.54) is 24.4 Å². The highest BCUT2D eigenvalue weighted by atomic mass is 16.5. The summed E-state index contributed by atoms with van der Waals surface area (Å²) in [6, 6.07) is 1.60. The Morgan fingerprint density at radius 2 is 2.22 bits per heavy atom. The molecular weight excluding hydrogens is 236 g/mol. The van der Waals surface area contributed by atoms with Gasteiger partial charge >= 0.3 is 0 Å². The largest absolute Gasteiger partial charge is 0.494 e. The molecular formula is C12H18N2O4. The maximum Gasteiger partial charge on any atom is 0.257 e. The predicted octanol–water partition coefficient (Wildman–Crippen LogP) is 0.171. The molecule has 0 spiro atoms. The van der Waals surface area contributed by atoms with Gasteiger partial charge in [-0.2, -0.15) is 0 Å². The first-order valence-corrected chi connectivity index (χ1v) is 5.61. The van der Waals surface area contributed by atoms with Gasteiger partial charge in [-0.15, -0.1) is 0 Å². The molecule has 0 saturated carbocycles. The zero-order chi connectivity index (χ0) is 13.4. The smallest absolute Gasteiger partial charge is 0.257 e. The highest BCUT2D eigenvalue weighted by Gasteiger charge is 2.18. The van der Waals surface area contributed by atoms with Gasteiger partial charge in [0.05, 0.1) is 32.1 Å². The Labute approximate surface area is 106 Å². The molecule has 0 radical (unpaired) electrons. The molecule has 6 heteroatoms. The van der Waals surface area contributed by atoms with Gasteiger partial charge in [-0.3, -0.25) is 9.78 Å². The number of carbonyl (C=O) groups excluding carboxylic acids is 1. The Morgan fingerprint density at radius 1 is 1.44 bits per heavy atom. The Morgan fingerprint density at radius 3 is 2.83 bits per heavy atom. The summed E-state index contributed by atoms with van der Waals surface area (Å²) in [6.45, 7) is 0.997. The van der Waals surface area contributed by atoms with Crippen molar-refractivity contribution in [3.63, 3.8) is 0 Å². The molecule has 0 aliphatic carbocycles. The summed E-state index contributed by atoms with van der Waals surface area (Å²) in [6.07, 6.45) is 3.02. The highest BCUT2D eigenvalue weighted by Crippen LogP contribution is 2.17. The van der Waals surface area contributed by atoms with Crippen molar-refractivity contribution in [2.24, 2.45) is 0 Å². The molecule has 0 unspecified atom stereocenters. The number of amides is 1. The van der Waals surface area contributed by atoms with E-state index >= 15 is 0 Å². The summed E-state index contributed by atoms with van der Waals surface area (Å²) in [5.74, 6) is 0.211. The maximum absolute atomic E-state index is 12.3. The van der Waals surface area contributed by atoms with Crippen LogP contribution in [0.2, 0.25) is 0 Å². The highest BCUT2D eigenvalue weighted by molar-refractivity contribution is 5.96. The lowest BCUT2D eigenvalue weighted by molar-refractivity contribution is 0.0653. The van der Waals surface area contributed by atoms with Gasteiger partial charge < -0.3 is 19.5 Å². The predicted molar refractivity (Wildman–Crippen MR) is 65.7 cm³/mol. The zero-order valence-corrected chi connectivity index (χ0v) is 10.6. The molecule has 0 aliphatic rings. The molecule has 6 nitrogen and oxygen atoms in total. The van der Waals surface area contributed by atoms with E-state index in [-0.39, 0.29) is 19.1 Å². The Bertz CT molecular complexity index is 384. The third kappa shape index (κ3) is 3.68. The van der Waals surface area contributed by atoms with Crippen molar-refractivity contribution in [3.05, 3.63) is 24.0 Å². The number of hydrogen-bond acceptors (Lipinski definition) is 5. The zero-order valence-electron chi connectivity index (χ0n) is 10.6. The normalized spacial score (nSPS) is 10.2. The van der Waals surface area contributed by atoms with Crippen LogP contribution in [0.25, 0.3) is 0 Å². The number of methoxy groups -OCH3 is 2. The van der Waals surface area contributed by atoms with Crippen molar-refractivity contribution in [1.82, 2.24) is 9.88 Å². The second kappa shape index (κ2) is 7.62. The molecule has 1 N–H and O–H groups in total. The van der Waals surface area contributed by atoms with Crippen LogP contribution >= 0.6 is 0 Å². The van der Waals surface area contributed by atoms with Gasteiger partial charge in [-0.05, 0) is 6.07 Å². The minimum absolute atomic E-state index is 0.0944. The van der Waals surface area contributed by atoms with E-state index in [4.69, 9.17) is 14.6 Å². The number of aromatic nitrogens is 1. The number of aliphatic hydroxyl groups is 1. The first-order valence-electron chi connectivity index (χ1n) is 5.61. The fourth-order valence-corrected chi connectivity index (χ4v) is 1.53. The van der Waals surface area contributed by atoms with Crippen LogP contribution in [-0.4, -0.2) is 61.4 Å². The van der Waals surface area contributed by atoms with Crippen LogP contribution in [0.1, 0.15) is 10.4 Å². The van der Waals surface area contributed by atoms with Crippen LogP contribution in [0.3, 0.4) is 0 Å². The topological polar surface area (TPSA) is 71.9 Å². The molecule has 100 valence electrons. The average molecular weight is 254 g/mol. The molecule has 0 atom stereocenters. The third-order valence-electron chi connectivity index (χ3n) is 2.46. The standard InChI is InChI=1S/C12H18N2O4/c1-17-8-6-14(5-7-15)12(16)10-3-4-13-9-11(10)18-2/h3-4,9,15H,5-8H2,1-2H3. The lowest BCUT2D eigenvalue weighted by atomic mass is 10.2. The first-order chi connectivity index (χ1) is 8.74. The van der Waals surface area contributed by atoms with Gasteiger partial charge in [0.15, 0.2) is 0 Å². The molecule has 0 bridgehead atoms. The van der Waals surface area contributed by atoms with E-state index in [1.807, 2.05) is 0 Å². The maximum atomic E-state index is 12.3. The summed E-state index contributed by atoms with van der Waals surface area (Å²) in [5, 5.41) is 8.98. The van der Waals surface area contributed by atoms with Crippen LogP contribution in [0.4, 0.5) is 0 Å². The van der Waals surface area contributed by atoms with E-state index < -0.39 is 0 Å². The van der Waals surface area contributed by atoms with Crippen molar-refractivity contribution in [1.29, 1.82) is 0 Å². The second-order valence-corrected chi connectivity index (χ2v) is 3.58. The van der Waals surface area contributed by atoms with Crippen molar-refractivity contribution in [2.75, 3.05) is 40.5 Å². The number of pyridine rings is 1. The number of ether oxygens (including phenoxy) is 2. The fraction of sp³-hybridized carbons (Fsp3) is 0.500. The number of nitrogens with zero attached hydrogens (tertiary/aromatic N) is 2. The minimum atomic E-state index is -0.208. The number of carbonyl (C=O) groups is 1. The summed E-state index contributed by atoms with van der Waals surface area (Å²) < 4.78 is 10.0. The molecule has 0 fully saturated rings. The first kappa shape index (κ1) is 14.4.